The van der Waals surface area contributed by atoms with Crippen LogP contribution in [0, 0.1) is 5.82 Å². The van der Waals surface area contributed by atoms with Crippen LogP contribution in [0.3, 0.4) is 0 Å². The molecule has 0 saturated carbocycles. The van der Waals surface area contributed by atoms with Crippen LogP contribution < -0.4 is 0 Å². The highest BCUT2D eigenvalue weighted by atomic mass is 19.1. The first-order valence-corrected chi connectivity index (χ1v) is 3.35. The van der Waals surface area contributed by atoms with Crippen molar-refractivity contribution in [1.82, 2.24) is 0 Å². The number of hydrogen-bond donors (Lipinski definition) is 1. The number of allylic oxidation sites excluding steroid dienone is 1. The first-order chi connectivity index (χ1) is 5.24. The summed E-state index contributed by atoms with van der Waals surface area (Å²) in [5.74, 6) is -0.890. The molecule has 0 spiro atoms. The predicted octanol–water partition coefficient (Wildman–Crippen LogP) is 2.56. The molecule has 0 aliphatic carbocycles. The Labute approximate surface area is 64.8 Å². The summed E-state index contributed by atoms with van der Waals surface area (Å²) in [6, 6.07) is 4.28. The molecule has 1 nitrogen and oxygen atoms in total. The molecule has 1 aromatic rings. The van der Waals surface area contributed by atoms with Crippen LogP contribution in [-0.4, -0.2) is 5.11 Å². The Kier molecular flexibility index (Phi) is 2.26. The maximum atomic E-state index is 12.6. The van der Waals surface area contributed by atoms with Gasteiger partial charge in [0.2, 0.25) is 0 Å². The van der Waals surface area contributed by atoms with Gasteiger partial charge in [0.1, 0.15) is 0 Å². The number of phenolic OH excluding ortho intramolecular Hbond substituents is 1. The van der Waals surface area contributed by atoms with Gasteiger partial charge in [-0.3, -0.25) is 0 Å². The van der Waals surface area contributed by atoms with Gasteiger partial charge < -0.3 is 5.11 Å². The summed E-state index contributed by atoms with van der Waals surface area (Å²) in [4.78, 5) is 0. The van der Waals surface area contributed by atoms with Crippen LogP contribution >= 0.6 is 0 Å². The van der Waals surface area contributed by atoms with Crippen LogP contribution in [0.25, 0.3) is 6.08 Å². The molecule has 0 unspecified atom stereocenters. The zero-order chi connectivity index (χ0) is 8.27. The van der Waals surface area contributed by atoms with Crippen molar-refractivity contribution in [1.29, 1.82) is 0 Å². The van der Waals surface area contributed by atoms with Crippen molar-refractivity contribution >= 4 is 6.08 Å². The molecule has 1 N–H and O–H groups in total. The summed E-state index contributed by atoms with van der Waals surface area (Å²) in [5.41, 5.74) is 0.753. The molecule has 1 aromatic carbocycles. The van der Waals surface area contributed by atoms with E-state index in [1.54, 1.807) is 12.1 Å². The zero-order valence-electron chi connectivity index (χ0n) is 6.21. The SMILES string of the molecule is C/C=C/c1ccc(O)c(F)c1. The van der Waals surface area contributed by atoms with Crippen molar-refractivity contribution < 1.29 is 9.50 Å². The number of hydrogen-bond acceptors (Lipinski definition) is 1. The van der Waals surface area contributed by atoms with Gasteiger partial charge >= 0.3 is 0 Å². The van der Waals surface area contributed by atoms with Crippen molar-refractivity contribution in [3.8, 4) is 5.75 Å². The number of halogens is 1. The Bertz CT molecular complexity index is 279. The van der Waals surface area contributed by atoms with E-state index >= 15 is 0 Å². The van der Waals surface area contributed by atoms with Gasteiger partial charge in [-0.05, 0) is 24.6 Å². The van der Waals surface area contributed by atoms with Crippen molar-refractivity contribution in [2.45, 2.75) is 6.92 Å². The van der Waals surface area contributed by atoms with Crippen molar-refractivity contribution in [2.75, 3.05) is 0 Å². The molecular formula is C9H9FO. The van der Waals surface area contributed by atoms with Gasteiger partial charge in [-0.15, -0.1) is 0 Å². The molecule has 2 heteroatoms. The molecule has 0 amide bonds. The second-order valence-electron chi connectivity index (χ2n) is 2.21. The topological polar surface area (TPSA) is 20.2 Å². The standard InChI is InChI=1S/C9H9FO/c1-2-3-7-4-5-9(11)8(10)6-7/h2-6,11H,1H3/b3-2+. The summed E-state index contributed by atoms with van der Waals surface area (Å²) >= 11 is 0. The van der Waals surface area contributed by atoms with E-state index in [0.717, 1.165) is 5.56 Å². The predicted molar refractivity (Wildman–Crippen MR) is 42.8 cm³/mol. The smallest absolute Gasteiger partial charge is 0.165 e. The normalized spacial score (nSPS) is 10.7. The van der Waals surface area contributed by atoms with Crippen LogP contribution in [0.2, 0.25) is 0 Å². The molecule has 0 aliphatic rings. The molecular weight excluding hydrogens is 143 g/mol. The fourth-order valence-corrected chi connectivity index (χ4v) is 0.819. The van der Waals surface area contributed by atoms with Crippen LogP contribution in [0.5, 0.6) is 5.75 Å². The lowest BCUT2D eigenvalue weighted by molar-refractivity contribution is 0.432. The number of aromatic hydroxyl groups is 1. The Morgan fingerprint density at radius 2 is 2.18 bits per heavy atom. The fraction of sp³-hybridized carbons (Fsp3) is 0.111. The summed E-state index contributed by atoms with van der Waals surface area (Å²) in [6.07, 6.45) is 3.58. The lowest BCUT2D eigenvalue weighted by Crippen LogP contribution is -1.77. The Morgan fingerprint density at radius 3 is 2.73 bits per heavy atom. The summed E-state index contributed by atoms with van der Waals surface area (Å²) in [6.45, 7) is 1.85. The number of rotatable bonds is 1. The van der Waals surface area contributed by atoms with Gasteiger partial charge in [0.25, 0.3) is 0 Å². The van der Waals surface area contributed by atoms with E-state index in [0.29, 0.717) is 0 Å². The number of phenols is 1. The minimum absolute atomic E-state index is 0.307. The largest absolute Gasteiger partial charge is 0.505 e. The second kappa shape index (κ2) is 3.19. The molecule has 0 atom stereocenters. The van der Waals surface area contributed by atoms with Crippen molar-refractivity contribution in [2.24, 2.45) is 0 Å². The van der Waals surface area contributed by atoms with Crippen LogP contribution in [0.15, 0.2) is 24.3 Å². The fourth-order valence-electron chi connectivity index (χ4n) is 0.819. The first-order valence-electron chi connectivity index (χ1n) is 3.35. The van der Waals surface area contributed by atoms with Gasteiger partial charge in [-0.1, -0.05) is 18.2 Å². The molecule has 0 fully saturated rings. The summed E-state index contributed by atoms with van der Waals surface area (Å²) in [7, 11) is 0. The highest BCUT2D eigenvalue weighted by molar-refractivity contribution is 5.50. The van der Waals surface area contributed by atoms with E-state index in [-0.39, 0.29) is 5.75 Å². The van der Waals surface area contributed by atoms with E-state index in [2.05, 4.69) is 0 Å². The van der Waals surface area contributed by atoms with E-state index in [1.807, 2.05) is 13.0 Å². The highest BCUT2D eigenvalue weighted by Gasteiger charge is 1.97. The third-order valence-electron chi connectivity index (χ3n) is 1.33. The van der Waals surface area contributed by atoms with Gasteiger partial charge in [0, 0.05) is 0 Å². The molecule has 1 rings (SSSR count). The maximum absolute atomic E-state index is 12.6. The number of benzene rings is 1. The van der Waals surface area contributed by atoms with Crippen molar-refractivity contribution in [3.63, 3.8) is 0 Å². The average molecular weight is 152 g/mol. The zero-order valence-corrected chi connectivity index (χ0v) is 6.21. The summed E-state index contributed by atoms with van der Waals surface area (Å²) < 4.78 is 12.6. The highest BCUT2D eigenvalue weighted by Crippen LogP contribution is 2.16. The minimum Gasteiger partial charge on any atom is -0.505 e. The second-order valence-corrected chi connectivity index (χ2v) is 2.21. The van der Waals surface area contributed by atoms with E-state index in [1.165, 1.54) is 12.1 Å². The Morgan fingerprint density at radius 1 is 1.45 bits per heavy atom. The molecule has 58 valence electrons. The lowest BCUT2D eigenvalue weighted by atomic mass is 10.2. The molecule has 11 heavy (non-hydrogen) atoms. The van der Waals surface area contributed by atoms with Gasteiger partial charge in [-0.25, -0.2) is 4.39 Å². The lowest BCUT2D eigenvalue weighted by Gasteiger charge is -1.95. The third-order valence-corrected chi connectivity index (χ3v) is 1.33. The van der Waals surface area contributed by atoms with Crippen molar-refractivity contribution in [3.05, 3.63) is 35.7 Å². The van der Waals surface area contributed by atoms with Gasteiger partial charge in [0.15, 0.2) is 11.6 Å². The molecule has 0 heterocycles. The third kappa shape index (κ3) is 1.80. The van der Waals surface area contributed by atoms with E-state index < -0.39 is 5.82 Å². The van der Waals surface area contributed by atoms with E-state index in [9.17, 15) is 4.39 Å². The molecule has 0 aliphatic heterocycles. The van der Waals surface area contributed by atoms with Crippen LogP contribution in [0.1, 0.15) is 12.5 Å². The van der Waals surface area contributed by atoms with Gasteiger partial charge in [-0.2, -0.15) is 0 Å². The van der Waals surface area contributed by atoms with Gasteiger partial charge in [0.05, 0.1) is 0 Å². The molecule has 0 saturated heterocycles. The Hall–Kier alpha value is -1.31. The first kappa shape index (κ1) is 7.79. The molecule has 0 radical (unpaired) electrons. The maximum Gasteiger partial charge on any atom is 0.165 e. The molecule has 0 aromatic heterocycles. The average Bonchev–Trinajstić information content (AvgIpc) is 1.98. The van der Waals surface area contributed by atoms with Crippen LogP contribution in [0.4, 0.5) is 4.39 Å². The molecule has 0 bridgehead atoms. The monoisotopic (exact) mass is 152 g/mol. The quantitative estimate of drug-likeness (QED) is 0.655. The minimum atomic E-state index is -0.583. The Balaban J connectivity index is 3.05. The summed E-state index contributed by atoms with van der Waals surface area (Å²) in [5, 5.41) is 8.81. The van der Waals surface area contributed by atoms with E-state index in [4.69, 9.17) is 5.11 Å². The van der Waals surface area contributed by atoms with Crippen LogP contribution in [-0.2, 0) is 0 Å².